The molecule has 0 bridgehead atoms. The van der Waals surface area contributed by atoms with E-state index in [2.05, 4.69) is 0 Å². The Morgan fingerprint density at radius 2 is 2.06 bits per heavy atom. The van der Waals surface area contributed by atoms with Crippen LogP contribution in [0.25, 0.3) is 0 Å². The van der Waals surface area contributed by atoms with Crippen molar-refractivity contribution in [3.8, 4) is 0 Å². The quantitative estimate of drug-likeness (QED) is 0.799. The Bertz CT molecular complexity index is 336. The highest BCUT2D eigenvalue weighted by Crippen LogP contribution is 2.59. The van der Waals surface area contributed by atoms with E-state index in [1.807, 2.05) is 0 Å². The van der Waals surface area contributed by atoms with E-state index < -0.39 is 5.97 Å². The molecule has 1 aliphatic carbocycles. The fraction of sp³-hybridized carbons (Fsp3) is 0.846. The van der Waals surface area contributed by atoms with Crippen LogP contribution in [0, 0.1) is 11.3 Å². The van der Waals surface area contributed by atoms with Gasteiger partial charge in [-0.3, -0.25) is 9.59 Å². The zero-order valence-corrected chi connectivity index (χ0v) is 10.9. The summed E-state index contributed by atoms with van der Waals surface area (Å²) in [6.07, 6.45) is 3.62. The third-order valence-corrected chi connectivity index (χ3v) is 4.24. The third kappa shape index (κ3) is 2.83. The molecule has 5 nitrogen and oxygen atoms in total. The Labute approximate surface area is 107 Å². The van der Waals surface area contributed by atoms with Crippen molar-refractivity contribution in [3.05, 3.63) is 0 Å². The zero-order valence-electron chi connectivity index (χ0n) is 10.9. The topological polar surface area (TPSA) is 66.8 Å². The van der Waals surface area contributed by atoms with Crippen LogP contribution in [-0.2, 0) is 14.3 Å². The molecule has 1 saturated heterocycles. The number of carboxylic acid groups (broad SMARTS) is 1. The van der Waals surface area contributed by atoms with Crippen molar-refractivity contribution in [1.29, 1.82) is 0 Å². The van der Waals surface area contributed by atoms with Crippen molar-refractivity contribution in [1.82, 2.24) is 4.90 Å². The molecule has 1 spiro atoms. The minimum atomic E-state index is -0.803. The van der Waals surface area contributed by atoms with Crippen LogP contribution in [0.15, 0.2) is 0 Å². The van der Waals surface area contributed by atoms with Crippen molar-refractivity contribution >= 4 is 11.9 Å². The van der Waals surface area contributed by atoms with Gasteiger partial charge in [0.05, 0.1) is 0 Å². The molecule has 0 aromatic heterocycles. The summed E-state index contributed by atoms with van der Waals surface area (Å²) in [5, 5.41) is 8.57. The molecule has 1 atom stereocenters. The molecular formula is C13H21NO4. The number of carboxylic acids is 1. The normalized spacial score (nSPS) is 24.8. The first-order valence-electron chi connectivity index (χ1n) is 6.60. The number of carbonyl (C=O) groups excluding carboxylic acids is 1. The van der Waals surface area contributed by atoms with Crippen LogP contribution in [0.1, 0.15) is 32.1 Å². The van der Waals surface area contributed by atoms with E-state index >= 15 is 0 Å². The molecule has 2 fully saturated rings. The predicted molar refractivity (Wildman–Crippen MR) is 65.1 cm³/mol. The molecule has 18 heavy (non-hydrogen) atoms. The minimum Gasteiger partial charge on any atom is -0.481 e. The van der Waals surface area contributed by atoms with Gasteiger partial charge < -0.3 is 14.7 Å². The summed E-state index contributed by atoms with van der Waals surface area (Å²) in [5.41, 5.74) is 0.205. The number of aliphatic carboxylic acids is 1. The first-order chi connectivity index (χ1) is 8.55. The number of hydrogen-bond acceptors (Lipinski definition) is 3. The first kappa shape index (κ1) is 13.3. The van der Waals surface area contributed by atoms with E-state index in [4.69, 9.17) is 9.84 Å². The SMILES string of the molecule is CN(CCCC(=O)O)C(=O)[C@@H]1CC12CCOCC2. The fourth-order valence-corrected chi connectivity index (χ4v) is 2.87. The highest BCUT2D eigenvalue weighted by Gasteiger charge is 2.58. The maximum Gasteiger partial charge on any atom is 0.303 e. The van der Waals surface area contributed by atoms with Crippen LogP contribution in [-0.4, -0.2) is 48.7 Å². The van der Waals surface area contributed by atoms with Crippen LogP contribution >= 0.6 is 0 Å². The molecule has 1 N–H and O–H groups in total. The summed E-state index contributed by atoms with van der Waals surface area (Å²) < 4.78 is 5.33. The van der Waals surface area contributed by atoms with Gasteiger partial charge in [-0.25, -0.2) is 0 Å². The molecule has 1 heterocycles. The second-order valence-electron chi connectivity index (χ2n) is 5.49. The van der Waals surface area contributed by atoms with Crippen molar-refractivity contribution in [2.45, 2.75) is 32.1 Å². The largest absolute Gasteiger partial charge is 0.481 e. The Balaban J connectivity index is 1.76. The van der Waals surface area contributed by atoms with E-state index in [-0.39, 0.29) is 23.7 Å². The maximum atomic E-state index is 12.2. The lowest BCUT2D eigenvalue weighted by Crippen LogP contribution is -2.32. The number of carbonyl (C=O) groups is 2. The molecule has 1 aliphatic heterocycles. The third-order valence-electron chi connectivity index (χ3n) is 4.24. The van der Waals surface area contributed by atoms with Crippen molar-refractivity contribution < 1.29 is 19.4 Å². The van der Waals surface area contributed by atoms with Crippen LogP contribution in [0.3, 0.4) is 0 Å². The van der Waals surface area contributed by atoms with Gasteiger partial charge in [0.25, 0.3) is 0 Å². The summed E-state index contributed by atoms with van der Waals surface area (Å²) in [6.45, 7) is 2.08. The monoisotopic (exact) mass is 255 g/mol. The molecule has 5 heteroatoms. The summed E-state index contributed by atoms with van der Waals surface area (Å²) in [4.78, 5) is 24.3. The molecule has 2 rings (SSSR count). The van der Waals surface area contributed by atoms with E-state index in [0.717, 1.165) is 32.5 Å². The lowest BCUT2D eigenvalue weighted by Gasteiger charge is -2.24. The lowest BCUT2D eigenvalue weighted by molar-refractivity contribution is -0.138. The van der Waals surface area contributed by atoms with Gasteiger partial charge in [0.1, 0.15) is 0 Å². The highest BCUT2D eigenvalue weighted by molar-refractivity contribution is 5.82. The Morgan fingerprint density at radius 1 is 1.39 bits per heavy atom. The number of rotatable bonds is 5. The van der Waals surface area contributed by atoms with Gasteiger partial charge in [-0.05, 0) is 31.1 Å². The number of amides is 1. The predicted octanol–water partition coefficient (Wildman–Crippen LogP) is 1.13. The summed E-state index contributed by atoms with van der Waals surface area (Å²) in [5.74, 6) is -0.471. The maximum absolute atomic E-state index is 12.2. The lowest BCUT2D eigenvalue weighted by atomic mass is 9.93. The van der Waals surface area contributed by atoms with Gasteiger partial charge in [0.15, 0.2) is 0 Å². The van der Waals surface area contributed by atoms with E-state index in [0.29, 0.717) is 13.0 Å². The molecule has 0 aromatic carbocycles. The molecule has 0 radical (unpaired) electrons. The number of ether oxygens (including phenoxy) is 1. The molecular weight excluding hydrogens is 234 g/mol. The Kier molecular flexibility index (Phi) is 3.90. The second kappa shape index (κ2) is 5.26. The Hall–Kier alpha value is -1.10. The molecule has 0 unspecified atom stereocenters. The molecule has 2 aliphatic rings. The van der Waals surface area contributed by atoms with Gasteiger partial charge >= 0.3 is 5.97 Å². The van der Waals surface area contributed by atoms with Gasteiger partial charge in [0, 0.05) is 39.1 Å². The van der Waals surface area contributed by atoms with Crippen LogP contribution in [0.5, 0.6) is 0 Å². The molecule has 1 amide bonds. The van der Waals surface area contributed by atoms with E-state index in [1.165, 1.54) is 0 Å². The molecule has 1 saturated carbocycles. The standard InChI is InChI=1S/C13H21NO4/c1-14(6-2-3-11(15)16)12(17)10-9-13(10)4-7-18-8-5-13/h10H,2-9H2,1H3,(H,15,16)/t10-/m0/s1. The summed E-state index contributed by atoms with van der Waals surface area (Å²) >= 11 is 0. The number of hydrogen-bond donors (Lipinski definition) is 1. The van der Waals surface area contributed by atoms with Gasteiger partial charge in [-0.15, -0.1) is 0 Å². The van der Waals surface area contributed by atoms with Crippen LogP contribution in [0.2, 0.25) is 0 Å². The van der Waals surface area contributed by atoms with E-state index in [1.54, 1.807) is 11.9 Å². The van der Waals surface area contributed by atoms with Gasteiger partial charge in [0.2, 0.25) is 5.91 Å². The minimum absolute atomic E-state index is 0.126. The first-order valence-corrected chi connectivity index (χ1v) is 6.60. The van der Waals surface area contributed by atoms with E-state index in [9.17, 15) is 9.59 Å². The number of nitrogens with zero attached hydrogens (tertiary/aromatic N) is 1. The molecule has 102 valence electrons. The summed E-state index contributed by atoms with van der Waals surface area (Å²) in [7, 11) is 1.77. The fourth-order valence-electron chi connectivity index (χ4n) is 2.87. The summed E-state index contributed by atoms with van der Waals surface area (Å²) in [6, 6.07) is 0. The smallest absolute Gasteiger partial charge is 0.303 e. The second-order valence-corrected chi connectivity index (χ2v) is 5.49. The van der Waals surface area contributed by atoms with Crippen molar-refractivity contribution in [2.75, 3.05) is 26.8 Å². The van der Waals surface area contributed by atoms with Gasteiger partial charge in [-0.1, -0.05) is 0 Å². The average Bonchev–Trinajstić information content (AvgIpc) is 3.02. The highest BCUT2D eigenvalue weighted by atomic mass is 16.5. The van der Waals surface area contributed by atoms with Crippen molar-refractivity contribution in [3.63, 3.8) is 0 Å². The average molecular weight is 255 g/mol. The van der Waals surface area contributed by atoms with Crippen LogP contribution in [0.4, 0.5) is 0 Å². The van der Waals surface area contributed by atoms with Crippen LogP contribution < -0.4 is 0 Å². The van der Waals surface area contributed by atoms with Crippen molar-refractivity contribution in [2.24, 2.45) is 11.3 Å². The van der Waals surface area contributed by atoms with Gasteiger partial charge in [-0.2, -0.15) is 0 Å². The zero-order chi connectivity index (χ0) is 13.2. The Morgan fingerprint density at radius 3 is 2.67 bits per heavy atom. The molecule has 0 aromatic rings.